The fourth-order valence-corrected chi connectivity index (χ4v) is 2.44. The Morgan fingerprint density at radius 1 is 0.957 bits per heavy atom. The van der Waals surface area contributed by atoms with Crippen LogP contribution in [0.1, 0.15) is 24.5 Å². The zero-order valence-electron chi connectivity index (χ0n) is 13.1. The third-order valence-electron chi connectivity index (χ3n) is 3.54. The quantitative estimate of drug-likeness (QED) is 0.607. The third-order valence-corrected chi connectivity index (χ3v) is 3.54. The summed E-state index contributed by atoms with van der Waals surface area (Å²) in [5.41, 5.74) is 2.26. The van der Waals surface area contributed by atoms with E-state index in [-0.39, 0.29) is 12.4 Å². The van der Waals surface area contributed by atoms with Gasteiger partial charge in [-0.15, -0.1) is 12.4 Å². The van der Waals surface area contributed by atoms with Crippen molar-refractivity contribution in [3.05, 3.63) is 72.1 Å². The van der Waals surface area contributed by atoms with Gasteiger partial charge in [0.05, 0.1) is 6.61 Å². The molecule has 0 saturated carbocycles. The van der Waals surface area contributed by atoms with Crippen LogP contribution >= 0.6 is 12.4 Å². The van der Waals surface area contributed by atoms with Crippen molar-refractivity contribution in [1.82, 2.24) is 4.98 Å². The van der Waals surface area contributed by atoms with Gasteiger partial charge in [0.2, 0.25) is 0 Å². The molecule has 1 heterocycles. The lowest BCUT2D eigenvalue weighted by Gasteiger charge is -2.11. The standard InChI is InChI=1S/C20H19NO.ClH/c1-2-15-22-20-10-8-17-5-3-4-6-18(17)19(20)9-7-16-11-13-21-14-12-16;/h3-14H,2,15H2,1H3;1H. The number of rotatable bonds is 5. The predicted molar refractivity (Wildman–Crippen MR) is 100 cm³/mol. The molecule has 0 N–H and O–H groups in total. The molecule has 2 nitrogen and oxygen atoms in total. The Balaban J connectivity index is 0.00000192. The molecular weight excluding hydrogens is 306 g/mol. The van der Waals surface area contributed by atoms with E-state index in [1.165, 1.54) is 10.8 Å². The van der Waals surface area contributed by atoms with Gasteiger partial charge in [-0.2, -0.15) is 0 Å². The summed E-state index contributed by atoms with van der Waals surface area (Å²) < 4.78 is 5.92. The molecule has 0 spiro atoms. The smallest absolute Gasteiger partial charge is 0.127 e. The van der Waals surface area contributed by atoms with E-state index in [4.69, 9.17) is 4.74 Å². The lowest BCUT2D eigenvalue weighted by molar-refractivity contribution is 0.317. The normalized spacial score (nSPS) is 10.7. The van der Waals surface area contributed by atoms with Crippen LogP contribution in [0.3, 0.4) is 0 Å². The highest BCUT2D eigenvalue weighted by atomic mass is 35.5. The van der Waals surface area contributed by atoms with Crippen LogP contribution in [-0.4, -0.2) is 11.6 Å². The molecule has 3 aromatic rings. The van der Waals surface area contributed by atoms with Gasteiger partial charge in [0.25, 0.3) is 0 Å². The summed E-state index contributed by atoms with van der Waals surface area (Å²) in [4.78, 5) is 4.05. The maximum absolute atomic E-state index is 5.92. The number of fused-ring (bicyclic) bond motifs is 1. The van der Waals surface area contributed by atoms with E-state index in [2.05, 4.69) is 60.5 Å². The first-order chi connectivity index (χ1) is 10.9. The SMILES string of the molecule is CCCOc1ccc2ccccc2c1C=Cc1ccncc1.Cl. The van der Waals surface area contributed by atoms with Gasteiger partial charge in [0.1, 0.15) is 5.75 Å². The first-order valence-electron chi connectivity index (χ1n) is 7.61. The molecule has 0 fully saturated rings. The molecular formula is C20H20ClNO. The molecule has 118 valence electrons. The van der Waals surface area contributed by atoms with Crippen molar-refractivity contribution in [1.29, 1.82) is 0 Å². The van der Waals surface area contributed by atoms with E-state index in [1.54, 1.807) is 12.4 Å². The Bertz CT molecular complexity index is 784. The summed E-state index contributed by atoms with van der Waals surface area (Å²) in [6.45, 7) is 2.85. The maximum Gasteiger partial charge on any atom is 0.127 e. The number of hydrogen-bond donors (Lipinski definition) is 0. The zero-order valence-corrected chi connectivity index (χ0v) is 13.9. The molecule has 0 saturated heterocycles. The molecule has 1 aromatic heterocycles. The summed E-state index contributed by atoms with van der Waals surface area (Å²) in [7, 11) is 0. The van der Waals surface area contributed by atoms with Crippen LogP contribution in [0.4, 0.5) is 0 Å². The molecule has 3 heteroatoms. The van der Waals surface area contributed by atoms with Crippen LogP contribution in [0.15, 0.2) is 60.9 Å². The van der Waals surface area contributed by atoms with Crippen LogP contribution in [0.2, 0.25) is 0 Å². The van der Waals surface area contributed by atoms with Gasteiger partial charge in [0, 0.05) is 18.0 Å². The maximum atomic E-state index is 5.92. The minimum absolute atomic E-state index is 0. The Kier molecular flexibility index (Phi) is 6.19. The average Bonchev–Trinajstić information content (AvgIpc) is 2.59. The Labute approximate surface area is 143 Å². The van der Waals surface area contributed by atoms with Crippen LogP contribution in [-0.2, 0) is 0 Å². The summed E-state index contributed by atoms with van der Waals surface area (Å²) in [6.07, 6.45) is 8.83. The van der Waals surface area contributed by atoms with E-state index in [9.17, 15) is 0 Å². The Morgan fingerprint density at radius 2 is 1.74 bits per heavy atom. The van der Waals surface area contributed by atoms with Gasteiger partial charge in [-0.25, -0.2) is 0 Å². The number of pyridine rings is 1. The second-order valence-corrected chi connectivity index (χ2v) is 5.16. The second kappa shape index (κ2) is 8.35. The monoisotopic (exact) mass is 325 g/mol. The van der Waals surface area contributed by atoms with Crippen LogP contribution < -0.4 is 4.74 Å². The number of halogens is 1. The third kappa shape index (κ3) is 4.11. The van der Waals surface area contributed by atoms with Gasteiger partial charge in [-0.1, -0.05) is 49.4 Å². The van der Waals surface area contributed by atoms with Crippen molar-refractivity contribution >= 4 is 35.3 Å². The van der Waals surface area contributed by atoms with Gasteiger partial charge in [0.15, 0.2) is 0 Å². The number of benzene rings is 2. The van der Waals surface area contributed by atoms with Crippen molar-refractivity contribution in [2.24, 2.45) is 0 Å². The molecule has 2 aromatic carbocycles. The van der Waals surface area contributed by atoms with Crippen molar-refractivity contribution < 1.29 is 4.74 Å². The van der Waals surface area contributed by atoms with Crippen molar-refractivity contribution in [3.8, 4) is 5.75 Å². The lowest BCUT2D eigenvalue weighted by Crippen LogP contribution is -1.97. The molecule has 0 amide bonds. The first-order valence-corrected chi connectivity index (χ1v) is 7.61. The summed E-state index contributed by atoms with van der Waals surface area (Å²) in [6, 6.07) is 16.6. The molecule has 0 aliphatic rings. The fourth-order valence-electron chi connectivity index (χ4n) is 2.44. The van der Waals surface area contributed by atoms with Gasteiger partial charge in [-0.3, -0.25) is 4.98 Å². The number of hydrogen-bond acceptors (Lipinski definition) is 2. The highest BCUT2D eigenvalue weighted by Crippen LogP contribution is 2.30. The lowest BCUT2D eigenvalue weighted by atomic mass is 10.0. The second-order valence-electron chi connectivity index (χ2n) is 5.16. The fraction of sp³-hybridized carbons (Fsp3) is 0.150. The van der Waals surface area contributed by atoms with E-state index < -0.39 is 0 Å². The molecule has 3 rings (SSSR count). The molecule has 0 aliphatic heterocycles. The van der Waals surface area contributed by atoms with Crippen LogP contribution in [0.25, 0.3) is 22.9 Å². The number of nitrogens with zero attached hydrogens (tertiary/aromatic N) is 1. The molecule has 0 bridgehead atoms. The van der Waals surface area contributed by atoms with E-state index in [0.29, 0.717) is 0 Å². The van der Waals surface area contributed by atoms with Crippen LogP contribution in [0.5, 0.6) is 5.75 Å². The zero-order chi connectivity index (χ0) is 15.2. The minimum Gasteiger partial charge on any atom is -0.493 e. The largest absolute Gasteiger partial charge is 0.493 e. The Hall–Kier alpha value is -2.32. The summed E-state index contributed by atoms with van der Waals surface area (Å²) in [5, 5.41) is 2.43. The summed E-state index contributed by atoms with van der Waals surface area (Å²) >= 11 is 0. The molecule has 23 heavy (non-hydrogen) atoms. The van der Waals surface area contributed by atoms with Crippen molar-refractivity contribution in [3.63, 3.8) is 0 Å². The topological polar surface area (TPSA) is 22.1 Å². The molecule has 0 aliphatic carbocycles. The highest BCUT2D eigenvalue weighted by molar-refractivity contribution is 5.95. The van der Waals surface area contributed by atoms with Gasteiger partial charge >= 0.3 is 0 Å². The number of aromatic nitrogens is 1. The molecule has 0 radical (unpaired) electrons. The van der Waals surface area contributed by atoms with E-state index in [1.807, 2.05) is 12.1 Å². The van der Waals surface area contributed by atoms with Crippen molar-refractivity contribution in [2.45, 2.75) is 13.3 Å². The van der Waals surface area contributed by atoms with Gasteiger partial charge in [-0.05, 0) is 41.0 Å². The average molecular weight is 326 g/mol. The highest BCUT2D eigenvalue weighted by Gasteiger charge is 2.06. The molecule has 0 unspecified atom stereocenters. The molecule has 0 atom stereocenters. The first kappa shape index (κ1) is 17.0. The number of ether oxygens (including phenoxy) is 1. The Morgan fingerprint density at radius 3 is 2.52 bits per heavy atom. The van der Waals surface area contributed by atoms with Crippen molar-refractivity contribution in [2.75, 3.05) is 6.61 Å². The summed E-state index contributed by atoms with van der Waals surface area (Å²) in [5.74, 6) is 0.936. The van der Waals surface area contributed by atoms with Crippen LogP contribution in [0, 0.1) is 0 Å². The van der Waals surface area contributed by atoms with E-state index in [0.717, 1.165) is 29.9 Å². The van der Waals surface area contributed by atoms with Gasteiger partial charge < -0.3 is 4.74 Å². The predicted octanol–water partition coefficient (Wildman–Crippen LogP) is 5.62. The minimum atomic E-state index is 0. The van der Waals surface area contributed by atoms with E-state index >= 15 is 0 Å².